The lowest BCUT2D eigenvalue weighted by Gasteiger charge is -2.14. The van der Waals surface area contributed by atoms with Crippen molar-refractivity contribution in [2.24, 2.45) is 0 Å². The van der Waals surface area contributed by atoms with Crippen molar-refractivity contribution >= 4 is 0 Å². The molecule has 1 aromatic carbocycles. The first-order valence-electron chi connectivity index (χ1n) is 7.50. The van der Waals surface area contributed by atoms with E-state index in [1.54, 1.807) is 0 Å². The minimum Gasteiger partial charge on any atom is -0.314 e. The van der Waals surface area contributed by atoms with Crippen molar-refractivity contribution in [3.63, 3.8) is 0 Å². The van der Waals surface area contributed by atoms with Gasteiger partial charge in [-0.05, 0) is 38.3 Å². The summed E-state index contributed by atoms with van der Waals surface area (Å²) in [6.07, 6.45) is 4.64. The van der Waals surface area contributed by atoms with Gasteiger partial charge in [-0.1, -0.05) is 29.8 Å². The van der Waals surface area contributed by atoms with Gasteiger partial charge >= 0.3 is 0 Å². The second kappa shape index (κ2) is 6.18. The van der Waals surface area contributed by atoms with E-state index < -0.39 is 0 Å². The van der Waals surface area contributed by atoms with Gasteiger partial charge in [0.15, 0.2) is 0 Å². The molecule has 2 heterocycles. The van der Waals surface area contributed by atoms with Gasteiger partial charge in [0.05, 0.1) is 6.54 Å². The van der Waals surface area contributed by atoms with E-state index in [1.165, 1.54) is 24.0 Å². The van der Waals surface area contributed by atoms with Crippen LogP contribution in [0, 0.1) is 6.92 Å². The van der Waals surface area contributed by atoms with Gasteiger partial charge in [0, 0.05) is 13.0 Å². The Morgan fingerprint density at radius 1 is 1.25 bits per heavy atom. The average Bonchev–Trinajstić information content (AvgIpc) is 2.87. The summed E-state index contributed by atoms with van der Waals surface area (Å²) in [6.45, 7) is 5.01. The molecule has 0 atom stereocenters. The Morgan fingerprint density at radius 2 is 2.20 bits per heavy atom. The van der Waals surface area contributed by atoms with Crippen molar-refractivity contribution < 1.29 is 0 Å². The van der Waals surface area contributed by atoms with Crippen molar-refractivity contribution in [3.05, 3.63) is 47.0 Å². The topological polar surface area (TPSA) is 42.7 Å². The molecule has 0 saturated carbocycles. The molecule has 0 spiro atoms. The molecule has 0 saturated heterocycles. The Morgan fingerprint density at radius 3 is 3.10 bits per heavy atom. The molecule has 1 aliphatic rings. The molecule has 3 rings (SSSR count). The Bertz CT molecular complexity index is 574. The smallest absolute Gasteiger partial charge is 0.147 e. The van der Waals surface area contributed by atoms with E-state index in [2.05, 4.69) is 51.3 Å². The fraction of sp³-hybridized carbons (Fsp3) is 0.500. The van der Waals surface area contributed by atoms with Crippen molar-refractivity contribution in [1.82, 2.24) is 20.1 Å². The lowest BCUT2D eigenvalue weighted by atomic mass is 10.1. The van der Waals surface area contributed by atoms with Crippen LogP contribution in [-0.2, 0) is 25.9 Å². The first-order chi connectivity index (χ1) is 9.83. The van der Waals surface area contributed by atoms with Crippen LogP contribution in [0.2, 0.25) is 0 Å². The third-order valence-corrected chi connectivity index (χ3v) is 3.89. The average molecular weight is 270 g/mol. The number of aromatic nitrogens is 3. The molecule has 0 amide bonds. The molecular weight excluding hydrogens is 248 g/mol. The second-order valence-electron chi connectivity index (χ2n) is 5.56. The van der Waals surface area contributed by atoms with Crippen LogP contribution in [-0.4, -0.2) is 21.3 Å². The highest BCUT2D eigenvalue weighted by atomic mass is 15.3. The number of benzene rings is 1. The van der Waals surface area contributed by atoms with Gasteiger partial charge in [0.2, 0.25) is 0 Å². The van der Waals surface area contributed by atoms with Crippen LogP contribution in [0.15, 0.2) is 24.3 Å². The largest absolute Gasteiger partial charge is 0.314 e. The predicted molar refractivity (Wildman–Crippen MR) is 79.5 cm³/mol. The van der Waals surface area contributed by atoms with Crippen LogP contribution >= 0.6 is 0 Å². The summed E-state index contributed by atoms with van der Waals surface area (Å²) in [5, 5.41) is 12.1. The van der Waals surface area contributed by atoms with E-state index in [-0.39, 0.29) is 0 Å². The third kappa shape index (κ3) is 3.07. The summed E-state index contributed by atoms with van der Waals surface area (Å²) in [6, 6.07) is 8.70. The maximum absolute atomic E-state index is 4.31. The number of aryl methyl sites for hydroxylation is 2. The van der Waals surface area contributed by atoms with Gasteiger partial charge in [0.1, 0.15) is 11.6 Å². The Labute approximate surface area is 120 Å². The zero-order valence-corrected chi connectivity index (χ0v) is 12.1. The van der Waals surface area contributed by atoms with Gasteiger partial charge in [-0.25, -0.2) is 0 Å². The highest BCUT2D eigenvalue weighted by Crippen LogP contribution is 2.13. The lowest BCUT2D eigenvalue weighted by Crippen LogP contribution is -2.21. The van der Waals surface area contributed by atoms with Crippen molar-refractivity contribution in [2.75, 3.05) is 6.54 Å². The number of rotatable bonds is 5. The van der Waals surface area contributed by atoms with Gasteiger partial charge < -0.3 is 9.88 Å². The fourth-order valence-corrected chi connectivity index (χ4v) is 2.80. The highest BCUT2D eigenvalue weighted by Gasteiger charge is 2.14. The minimum atomic E-state index is 0.818. The SMILES string of the molecule is Cc1cccc(CCNCc2nnc3n2CCCC3)c1. The molecule has 106 valence electrons. The van der Waals surface area contributed by atoms with E-state index in [9.17, 15) is 0 Å². The van der Waals surface area contributed by atoms with E-state index in [0.29, 0.717) is 0 Å². The van der Waals surface area contributed by atoms with Crippen LogP contribution < -0.4 is 5.32 Å². The molecule has 1 aromatic heterocycles. The molecule has 0 aliphatic carbocycles. The van der Waals surface area contributed by atoms with Crippen molar-refractivity contribution in [2.45, 2.75) is 45.7 Å². The Hall–Kier alpha value is -1.68. The molecule has 0 radical (unpaired) electrons. The molecular formula is C16H22N4. The maximum atomic E-state index is 4.31. The third-order valence-electron chi connectivity index (χ3n) is 3.89. The normalized spacial score (nSPS) is 14.2. The first kappa shape index (κ1) is 13.3. The number of nitrogens with zero attached hydrogens (tertiary/aromatic N) is 3. The van der Waals surface area contributed by atoms with E-state index in [0.717, 1.165) is 44.1 Å². The Balaban J connectivity index is 1.49. The number of hydrogen-bond acceptors (Lipinski definition) is 3. The monoisotopic (exact) mass is 270 g/mol. The van der Waals surface area contributed by atoms with Crippen LogP contribution in [0.3, 0.4) is 0 Å². The molecule has 0 bridgehead atoms. The second-order valence-corrected chi connectivity index (χ2v) is 5.56. The van der Waals surface area contributed by atoms with Gasteiger partial charge in [0.25, 0.3) is 0 Å². The summed E-state index contributed by atoms with van der Waals surface area (Å²) >= 11 is 0. The number of nitrogens with one attached hydrogen (secondary N) is 1. The lowest BCUT2D eigenvalue weighted by molar-refractivity contribution is 0.498. The summed E-state index contributed by atoms with van der Waals surface area (Å²) in [7, 11) is 0. The molecule has 2 aromatic rings. The quantitative estimate of drug-likeness (QED) is 0.847. The zero-order chi connectivity index (χ0) is 13.8. The molecule has 4 heteroatoms. The van der Waals surface area contributed by atoms with Crippen molar-refractivity contribution in [3.8, 4) is 0 Å². The van der Waals surface area contributed by atoms with Crippen molar-refractivity contribution in [1.29, 1.82) is 0 Å². The molecule has 0 fully saturated rings. The maximum Gasteiger partial charge on any atom is 0.147 e. The summed E-state index contributed by atoms with van der Waals surface area (Å²) in [5.74, 6) is 2.25. The zero-order valence-electron chi connectivity index (χ0n) is 12.1. The van der Waals surface area contributed by atoms with Crippen LogP contribution in [0.4, 0.5) is 0 Å². The number of fused-ring (bicyclic) bond motifs is 1. The van der Waals surface area contributed by atoms with Crippen LogP contribution in [0.5, 0.6) is 0 Å². The predicted octanol–water partition coefficient (Wildman–Crippen LogP) is 2.26. The minimum absolute atomic E-state index is 0.818. The summed E-state index contributed by atoms with van der Waals surface area (Å²) in [5.41, 5.74) is 2.72. The number of hydrogen-bond donors (Lipinski definition) is 1. The molecule has 4 nitrogen and oxygen atoms in total. The standard InChI is InChI=1S/C16H22N4/c1-13-5-4-6-14(11-13)8-9-17-12-16-19-18-15-7-2-3-10-20(15)16/h4-6,11,17H,2-3,7-10,12H2,1H3. The van der Waals surface area contributed by atoms with Crippen LogP contribution in [0.1, 0.15) is 35.6 Å². The van der Waals surface area contributed by atoms with E-state index in [4.69, 9.17) is 0 Å². The van der Waals surface area contributed by atoms with Gasteiger partial charge in [-0.15, -0.1) is 10.2 Å². The van der Waals surface area contributed by atoms with E-state index in [1.807, 2.05) is 0 Å². The summed E-state index contributed by atoms with van der Waals surface area (Å²) < 4.78 is 2.28. The molecule has 0 unspecified atom stereocenters. The van der Waals surface area contributed by atoms with Gasteiger partial charge in [-0.2, -0.15) is 0 Å². The first-order valence-corrected chi connectivity index (χ1v) is 7.50. The highest BCUT2D eigenvalue weighted by molar-refractivity contribution is 5.22. The Kier molecular flexibility index (Phi) is 4.11. The molecule has 20 heavy (non-hydrogen) atoms. The fourth-order valence-electron chi connectivity index (χ4n) is 2.80. The molecule has 1 aliphatic heterocycles. The van der Waals surface area contributed by atoms with E-state index >= 15 is 0 Å². The van der Waals surface area contributed by atoms with Gasteiger partial charge in [-0.3, -0.25) is 0 Å². The molecule has 1 N–H and O–H groups in total. The summed E-state index contributed by atoms with van der Waals surface area (Å²) in [4.78, 5) is 0. The van der Waals surface area contributed by atoms with Crippen LogP contribution in [0.25, 0.3) is 0 Å².